The first-order chi connectivity index (χ1) is 15.8. The van der Waals surface area contributed by atoms with Crippen LogP contribution in [-0.4, -0.2) is 28.5 Å². The predicted molar refractivity (Wildman–Crippen MR) is 129 cm³/mol. The largest absolute Gasteiger partial charge is 0.507 e. The summed E-state index contributed by atoms with van der Waals surface area (Å²) < 4.78 is 5.68. The Kier molecular flexibility index (Phi) is 6.44. The number of nitrogens with zero attached hydrogens (tertiary/aromatic N) is 1. The normalized spacial score (nSPS) is 17.7. The second-order valence-corrected chi connectivity index (χ2v) is 9.46. The first-order valence-electron chi connectivity index (χ1n) is 10.3. The van der Waals surface area contributed by atoms with Gasteiger partial charge in [0.2, 0.25) is 0 Å². The first kappa shape index (κ1) is 22.9. The van der Waals surface area contributed by atoms with E-state index in [0.29, 0.717) is 33.7 Å². The molecule has 0 spiro atoms. The molecule has 2 aromatic carbocycles. The topological polar surface area (TPSA) is 87.1 Å². The monoisotopic (exact) mass is 483 g/mol. The number of aliphatic hydroxyl groups excluding tert-OH is 1. The molecular weight excluding hydrogens is 462 g/mol. The predicted octanol–water partition coefficient (Wildman–Crippen LogP) is 5.77. The number of halogens is 1. The van der Waals surface area contributed by atoms with Gasteiger partial charge in [-0.1, -0.05) is 31.5 Å². The third-order valence-electron chi connectivity index (χ3n) is 5.17. The average molecular weight is 484 g/mol. The van der Waals surface area contributed by atoms with Gasteiger partial charge in [-0.15, -0.1) is 11.3 Å². The van der Waals surface area contributed by atoms with Crippen LogP contribution in [0.1, 0.15) is 30.3 Å². The van der Waals surface area contributed by atoms with Gasteiger partial charge in [-0.05, 0) is 59.8 Å². The number of phenolic OH excluding ortho intramolecular Hbond substituents is 1. The highest BCUT2D eigenvalue weighted by Gasteiger charge is 2.48. The van der Waals surface area contributed by atoms with Crippen LogP contribution < -0.4 is 9.64 Å². The van der Waals surface area contributed by atoms with Gasteiger partial charge in [0.15, 0.2) is 0 Å². The molecule has 170 valence electrons. The standard InChI is InChI=1S/C25H22ClNO5S/c1-14(2)13-32-17-8-5-15(6-9-17)23(29)21-22(20-4-3-11-33-20)27(25(31)24(21)30)18-12-16(26)7-10-19(18)28/h3-12,14,22,28-29H,13H2,1-2H3/b23-21-. The number of amides is 1. The molecule has 0 aliphatic carbocycles. The number of benzene rings is 2. The highest BCUT2D eigenvalue weighted by molar-refractivity contribution is 7.10. The van der Waals surface area contributed by atoms with Gasteiger partial charge < -0.3 is 14.9 Å². The average Bonchev–Trinajstić information content (AvgIpc) is 3.41. The van der Waals surface area contributed by atoms with Crippen LogP contribution in [0.2, 0.25) is 5.02 Å². The second-order valence-electron chi connectivity index (χ2n) is 8.05. The van der Waals surface area contributed by atoms with Crippen LogP contribution in [0.4, 0.5) is 5.69 Å². The van der Waals surface area contributed by atoms with Crippen molar-refractivity contribution in [2.75, 3.05) is 11.5 Å². The molecule has 2 heterocycles. The van der Waals surface area contributed by atoms with E-state index in [4.69, 9.17) is 16.3 Å². The van der Waals surface area contributed by atoms with E-state index in [1.54, 1.807) is 36.4 Å². The van der Waals surface area contributed by atoms with Gasteiger partial charge in [-0.3, -0.25) is 14.5 Å². The Balaban J connectivity index is 1.81. The number of ether oxygens (including phenoxy) is 1. The highest BCUT2D eigenvalue weighted by atomic mass is 35.5. The lowest BCUT2D eigenvalue weighted by atomic mass is 9.99. The number of hydrogen-bond donors (Lipinski definition) is 2. The summed E-state index contributed by atoms with van der Waals surface area (Å²) in [5.41, 5.74) is 0.416. The lowest BCUT2D eigenvalue weighted by Gasteiger charge is -2.25. The van der Waals surface area contributed by atoms with E-state index < -0.39 is 17.7 Å². The van der Waals surface area contributed by atoms with Crippen molar-refractivity contribution in [1.29, 1.82) is 0 Å². The number of Topliss-reactive ketones (excluding diaryl/α,β-unsaturated/α-hetero) is 1. The van der Waals surface area contributed by atoms with Crippen molar-refractivity contribution < 1.29 is 24.5 Å². The molecular formula is C25H22ClNO5S. The molecule has 33 heavy (non-hydrogen) atoms. The molecule has 4 rings (SSSR count). The van der Waals surface area contributed by atoms with Crippen LogP contribution in [0.25, 0.3) is 5.76 Å². The molecule has 1 aliphatic heterocycles. The van der Waals surface area contributed by atoms with Crippen molar-refractivity contribution in [3.63, 3.8) is 0 Å². The molecule has 1 amide bonds. The fourth-order valence-corrected chi connectivity index (χ4v) is 4.60. The second kappa shape index (κ2) is 9.29. The van der Waals surface area contributed by atoms with Crippen molar-refractivity contribution in [2.24, 2.45) is 5.92 Å². The summed E-state index contributed by atoms with van der Waals surface area (Å²) in [4.78, 5) is 28.0. The van der Waals surface area contributed by atoms with Gasteiger partial charge in [0, 0.05) is 15.5 Å². The summed E-state index contributed by atoms with van der Waals surface area (Å²) in [6.07, 6.45) is 0. The Morgan fingerprint density at radius 2 is 1.88 bits per heavy atom. The van der Waals surface area contributed by atoms with E-state index in [2.05, 4.69) is 0 Å². The molecule has 2 N–H and O–H groups in total. The van der Waals surface area contributed by atoms with Gasteiger partial charge in [0.25, 0.3) is 11.7 Å². The van der Waals surface area contributed by atoms with E-state index in [1.165, 1.54) is 34.4 Å². The van der Waals surface area contributed by atoms with Crippen molar-refractivity contribution in [2.45, 2.75) is 19.9 Å². The number of hydrogen-bond acceptors (Lipinski definition) is 6. The zero-order chi connectivity index (χ0) is 23.7. The Morgan fingerprint density at radius 1 is 1.15 bits per heavy atom. The number of ketones is 1. The first-order valence-corrected chi connectivity index (χ1v) is 11.6. The molecule has 0 saturated carbocycles. The molecule has 1 saturated heterocycles. The number of aromatic hydroxyl groups is 1. The Bertz CT molecular complexity index is 1220. The van der Waals surface area contributed by atoms with Crippen molar-refractivity contribution >= 4 is 46.1 Å². The fourth-order valence-electron chi connectivity index (χ4n) is 3.61. The summed E-state index contributed by atoms with van der Waals surface area (Å²) in [6.45, 7) is 4.64. The van der Waals surface area contributed by atoms with Crippen LogP contribution in [0.3, 0.4) is 0 Å². The number of carbonyl (C=O) groups is 2. The number of rotatable bonds is 6. The molecule has 1 aliphatic rings. The molecule has 1 aromatic heterocycles. The Labute approximate surface area is 200 Å². The zero-order valence-electron chi connectivity index (χ0n) is 18.0. The lowest BCUT2D eigenvalue weighted by molar-refractivity contribution is -0.132. The lowest BCUT2D eigenvalue weighted by Crippen LogP contribution is -2.29. The van der Waals surface area contributed by atoms with Gasteiger partial charge >= 0.3 is 0 Å². The van der Waals surface area contributed by atoms with E-state index in [0.717, 1.165) is 0 Å². The van der Waals surface area contributed by atoms with Crippen LogP contribution in [0.15, 0.2) is 65.6 Å². The third kappa shape index (κ3) is 4.47. The minimum atomic E-state index is -0.911. The van der Waals surface area contributed by atoms with E-state index in [1.807, 2.05) is 19.2 Å². The maximum atomic E-state index is 13.1. The number of carbonyl (C=O) groups excluding carboxylic acids is 2. The molecule has 8 heteroatoms. The summed E-state index contributed by atoms with van der Waals surface area (Å²) in [7, 11) is 0. The van der Waals surface area contributed by atoms with E-state index >= 15 is 0 Å². The maximum Gasteiger partial charge on any atom is 0.300 e. The highest BCUT2D eigenvalue weighted by Crippen LogP contribution is 2.46. The van der Waals surface area contributed by atoms with Crippen molar-refractivity contribution in [3.05, 3.63) is 81.0 Å². The van der Waals surface area contributed by atoms with Gasteiger partial charge in [-0.25, -0.2) is 0 Å². The summed E-state index contributed by atoms with van der Waals surface area (Å²) >= 11 is 7.44. The Morgan fingerprint density at radius 3 is 2.52 bits per heavy atom. The molecule has 3 aromatic rings. The number of aliphatic hydroxyl groups is 1. The minimum absolute atomic E-state index is 0.0577. The molecule has 1 atom stereocenters. The molecule has 1 unspecified atom stereocenters. The number of thiophene rings is 1. The van der Waals surface area contributed by atoms with Crippen molar-refractivity contribution in [1.82, 2.24) is 0 Å². The van der Waals surface area contributed by atoms with E-state index in [9.17, 15) is 19.8 Å². The summed E-state index contributed by atoms with van der Waals surface area (Å²) in [5, 5.41) is 23.7. The maximum absolute atomic E-state index is 13.1. The van der Waals surface area contributed by atoms with Crippen LogP contribution in [0.5, 0.6) is 11.5 Å². The summed E-state index contributed by atoms with van der Waals surface area (Å²) in [6, 6.07) is 13.6. The van der Waals surface area contributed by atoms with Gasteiger partial charge in [0.05, 0.1) is 17.9 Å². The SMILES string of the molecule is CC(C)COc1ccc(/C(O)=C2/C(=O)C(=O)N(c3cc(Cl)ccc3O)C2c2cccs2)cc1. The van der Waals surface area contributed by atoms with E-state index in [-0.39, 0.29) is 22.8 Å². The minimum Gasteiger partial charge on any atom is -0.507 e. The van der Waals surface area contributed by atoms with Gasteiger partial charge in [-0.2, -0.15) is 0 Å². The van der Waals surface area contributed by atoms with Gasteiger partial charge in [0.1, 0.15) is 23.3 Å². The fraction of sp³-hybridized carbons (Fsp3) is 0.200. The van der Waals surface area contributed by atoms with Crippen molar-refractivity contribution in [3.8, 4) is 11.5 Å². The molecule has 6 nitrogen and oxygen atoms in total. The number of anilines is 1. The summed E-state index contributed by atoms with van der Waals surface area (Å²) in [5.74, 6) is -1.20. The number of phenols is 1. The Hall–Kier alpha value is -3.29. The van der Waals surface area contributed by atoms with Crippen LogP contribution in [0, 0.1) is 5.92 Å². The van der Waals surface area contributed by atoms with Crippen LogP contribution >= 0.6 is 22.9 Å². The van der Waals surface area contributed by atoms with Crippen LogP contribution in [-0.2, 0) is 9.59 Å². The molecule has 0 bridgehead atoms. The molecule has 1 fully saturated rings. The smallest absolute Gasteiger partial charge is 0.300 e. The third-order valence-corrected chi connectivity index (χ3v) is 6.33. The quantitative estimate of drug-likeness (QED) is 0.264. The zero-order valence-corrected chi connectivity index (χ0v) is 19.6. The molecule has 0 radical (unpaired) electrons.